The number of nitrogens with zero attached hydrogens (tertiary/aromatic N) is 4. The van der Waals surface area contributed by atoms with Crippen molar-refractivity contribution in [2.24, 2.45) is 0 Å². The van der Waals surface area contributed by atoms with Gasteiger partial charge in [0.15, 0.2) is 5.82 Å². The normalized spacial score (nSPS) is 13.9. The number of aromatic nitrogens is 4. The number of carbonyl (C=O) groups is 2. The highest BCUT2D eigenvalue weighted by Crippen LogP contribution is 2.23. The zero-order chi connectivity index (χ0) is 30.0. The number of aryl methyl sites for hydroxylation is 2. The van der Waals surface area contributed by atoms with Crippen molar-refractivity contribution < 1.29 is 37.0 Å². The van der Waals surface area contributed by atoms with Crippen molar-refractivity contribution in [1.29, 1.82) is 0 Å². The number of nitrogens with one attached hydrogen (secondary N) is 1. The summed E-state index contributed by atoms with van der Waals surface area (Å²) < 4.78 is 53.2. The van der Waals surface area contributed by atoms with E-state index in [2.05, 4.69) is 25.2 Å². The topological polar surface area (TPSA) is 135 Å². The van der Waals surface area contributed by atoms with Crippen LogP contribution in [0.1, 0.15) is 42.6 Å². The van der Waals surface area contributed by atoms with Crippen molar-refractivity contribution in [2.75, 3.05) is 18.5 Å². The Morgan fingerprint density at radius 1 is 1.02 bits per heavy atom. The van der Waals surface area contributed by atoms with Crippen LogP contribution in [0.4, 0.5) is 19.0 Å². The first-order valence-corrected chi connectivity index (χ1v) is 13.4. The third-order valence-corrected chi connectivity index (χ3v) is 6.29. The molecular weight excluding hydrogens is 559 g/mol. The lowest BCUT2D eigenvalue weighted by Gasteiger charge is -2.22. The second kappa shape index (κ2) is 14.5. The van der Waals surface area contributed by atoms with Crippen molar-refractivity contribution in [3.63, 3.8) is 0 Å². The maximum atomic E-state index is 12.4. The second-order valence-corrected chi connectivity index (χ2v) is 9.66. The number of hydrogen-bond donors (Lipinski definition) is 1. The van der Waals surface area contributed by atoms with Crippen LogP contribution in [0.5, 0.6) is 5.75 Å². The van der Waals surface area contributed by atoms with Crippen molar-refractivity contribution >= 4 is 17.7 Å². The standard InChI is InChI=1S/C28H30F3N5O6/c29-28(30,31)42-23-6-3-4-19(16-23)17-25(37)33-24-8-7-20(34-35-24)5-1-2-12-36-13-9-21(32-27(36)39)18-26(38)41-22-10-14-40-15-11-22/h3-4,6-9,13,16,22H,1-2,5,10-12,14-15,17-18H2,(H,33,35,37). The molecule has 1 aliphatic heterocycles. The molecule has 0 aliphatic carbocycles. The maximum Gasteiger partial charge on any atom is 0.573 e. The van der Waals surface area contributed by atoms with E-state index in [1.807, 2.05) is 0 Å². The summed E-state index contributed by atoms with van der Waals surface area (Å²) in [4.78, 5) is 40.8. The largest absolute Gasteiger partial charge is 0.573 e. The van der Waals surface area contributed by atoms with Crippen LogP contribution < -0.4 is 15.7 Å². The van der Waals surface area contributed by atoms with Gasteiger partial charge in [0.05, 0.1) is 37.4 Å². The number of unbranched alkanes of at least 4 members (excludes halogenated alkanes) is 1. The Hall–Kier alpha value is -4.33. The molecule has 1 fully saturated rings. The number of halogens is 3. The average Bonchev–Trinajstić information content (AvgIpc) is 2.92. The van der Waals surface area contributed by atoms with Crippen LogP contribution in [0, 0.1) is 0 Å². The first kappa shape index (κ1) is 30.6. The molecule has 0 saturated carbocycles. The van der Waals surface area contributed by atoms with Gasteiger partial charge >= 0.3 is 18.0 Å². The summed E-state index contributed by atoms with van der Waals surface area (Å²) in [5.41, 5.74) is 0.954. The van der Waals surface area contributed by atoms with Crippen LogP contribution in [0.2, 0.25) is 0 Å². The Labute approximate surface area is 239 Å². The number of benzene rings is 1. The van der Waals surface area contributed by atoms with Crippen LogP contribution in [0.15, 0.2) is 53.5 Å². The zero-order valence-electron chi connectivity index (χ0n) is 22.6. The van der Waals surface area contributed by atoms with E-state index >= 15 is 0 Å². The molecule has 0 radical (unpaired) electrons. The minimum atomic E-state index is -4.82. The second-order valence-electron chi connectivity index (χ2n) is 9.66. The van der Waals surface area contributed by atoms with Crippen molar-refractivity contribution in [1.82, 2.24) is 19.7 Å². The van der Waals surface area contributed by atoms with Gasteiger partial charge in [-0.25, -0.2) is 4.79 Å². The van der Waals surface area contributed by atoms with Gasteiger partial charge in [0.2, 0.25) is 5.91 Å². The summed E-state index contributed by atoms with van der Waals surface area (Å²) in [5.74, 6) is -1.08. The lowest BCUT2D eigenvalue weighted by molar-refractivity contribution is -0.274. The average molecular weight is 590 g/mol. The van der Waals surface area contributed by atoms with E-state index in [-0.39, 0.29) is 24.8 Å². The van der Waals surface area contributed by atoms with Crippen molar-refractivity contribution in [2.45, 2.75) is 64.0 Å². The van der Waals surface area contributed by atoms with Gasteiger partial charge in [-0.1, -0.05) is 12.1 Å². The highest BCUT2D eigenvalue weighted by molar-refractivity contribution is 5.91. The molecule has 1 saturated heterocycles. The molecule has 224 valence electrons. The van der Waals surface area contributed by atoms with E-state index in [1.165, 1.54) is 16.7 Å². The Balaban J connectivity index is 1.17. The molecule has 1 aromatic carbocycles. The van der Waals surface area contributed by atoms with Gasteiger partial charge in [-0.15, -0.1) is 18.3 Å². The van der Waals surface area contributed by atoms with Crippen LogP contribution >= 0.6 is 0 Å². The molecule has 1 N–H and O–H groups in total. The lowest BCUT2D eigenvalue weighted by Crippen LogP contribution is -2.28. The molecule has 14 heteroatoms. The van der Waals surface area contributed by atoms with Crippen LogP contribution in [-0.2, 0) is 44.9 Å². The number of rotatable bonds is 12. The molecule has 4 rings (SSSR count). The fourth-order valence-electron chi connectivity index (χ4n) is 4.28. The minimum absolute atomic E-state index is 0.0628. The molecule has 0 atom stereocenters. The van der Waals surface area contributed by atoms with Gasteiger partial charge < -0.3 is 19.5 Å². The van der Waals surface area contributed by atoms with Gasteiger partial charge in [-0.05, 0) is 55.2 Å². The number of hydrogen-bond acceptors (Lipinski definition) is 9. The summed E-state index contributed by atoms with van der Waals surface area (Å²) in [6, 6.07) is 10.1. The molecule has 1 aliphatic rings. The van der Waals surface area contributed by atoms with E-state index in [1.54, 1.807) is 24.4 Å². The maximum absolute atomic E-state index is 12.4. The number of ether oxygens (including phenoxy) is 3. The van der Waals surface area contributed by atoms with E-state index in [9.17, 15) is 27.6 Å². The van der Waals surface area contributed by atoms with Crippen LogP contribution in [0.3, 0.4) is 0 Å². The molecule has 0 bridgehead atoms. The summed E-state index contributed by atoms with van der Waals surface area (Å²) in [5, 5.41) is 10.6. The summed E-state index contributed by atoms with van der Waals surface area (Å²) >= 11 is 0. The molecule has 1 amide bonds. The number of esters is 1. The molecule has 0 spiro atoms. The molecule has 3 aromatic rings. The molecule has 2 aromatic heterocycles. The number of anilines is 1. The number of amides is 1. The molecule has 11 nitrogen and oxygen atoms in total. The van der Waals surface area contributed by atoms with Crippen molar-refractivity contribution in [3.8, 4) is 5.75 Å². The highest BCUT2D eigenvalue weighted by Gasteiger charge is 2.31. The number of alkyl halides is 3. The smallest absolute Gasteiger partial charge is 0.462 e. The van der Waals surface area contributed by atoms with Crippen LogP contribution in [-0.4, -0.2) is 57.3 Å². The highest BCUT2D eigenvalue weighted by atomic mass is 19.4. The zero-order valence-corrected chi connectivity index (χ0v) is 22.6. The van der Waals surface area contributed by atoms with Crippen LogP contribution in [0.25, 0.3) is 0 Å². The summed E-state index contributed by atoms with van der Waals surface area (Å²) in [6.07, 6.45) is -0.298. The van der Waals surface area contributed by atoms with Gasteiger partial charge in [-0.3, -0.25) is 14.2 Å². The Morgan fingerprint density at radius 2 is 1.83 bits per heavy atom. The Morgan fingerprint density at radius 3 is 2.55 bits per heavy atom. The monoisotopic (exact) mass is 589 g/mol. The molecule has 0 unspecified atom stereocenters. The van der Waals surface area contributed by atoms with E-state index in [0.29, 0.717) is 68.8 Å². The summed E-state index contributed by atoms with van der Waals surface area (Å²) in [6.45, 7) is 1.57. The third-order valence-electron chi connectivity index (χ3n) is 6.29. The van der Waals surface area contributed by atoms with E-state index < -0.39 is 29.7 Å². The predicted octanol–water partition coefficient (Wildman–Crippen LogP) is 3.40. The lowest BCUT2D eigenvalue weighted by atomic mass is 10.1. The Kier molecular flexibility index (Phi) is 10.6. The van der Waals surface area contributed by atoms with Crippen molar-refractivity contribution in [3.05, 3.63) is 76.1 Å². The van der Waals surface area contributed by atoms with Gasteiger partial charge in [0.1, 0.15) is 11.9 Å². The Bertz CT molecular complexity index is 1410. The predicted molar refractivity (Wildman–Crippen MR) is 143 cm³/mol. The molecular formula is C28H30F3N5O6. The van der Waals surface area contributed by atoms with Gasteiger partial charge in [-0.2, -0.15) is 10.1 Å². The fraction of sp³-hybridized carbons (Fsp3) is 0.429. The van der Waals surface area contributed by atoms with Gasteiger partial charge in [0, 0.05) is 25.6 Å². The van der Waals surface area contributed by atoms with Gasteiger partial charge in [0.25, 0.3) is 0 Å². The molecule has 42 heavy (non-hydrogen) atoms. The fourth-order valence-corrected chi connectivity index (χ4v) is 4.28. The van der Waals surface area contributed by atoms with E-state index in [4.69, 9.17) is 9.47 Å². The minimum Gasteiger partial charge on any atom is -0.462 e. The molecule has 3 heterocycles. The quantitative estimate of drug-likeness (QED) is 0.249. The van der Waals surface area contributed by atoms with E-state index in [0.717, 1.165) is 12.1 Å². The first-order chi connectivity index (χ1) is 20.1. The number of carbonyl (C=O) groups excluding carboxylic acids is 2. The third kappa shape index (κ3) is 10.3. The summed E-state index contributed by atoms with van der Waals surface area (Å²) in [7, 11) is 0. The first-order valence-electron chi connectivity index (χ1n) is 13.4. The SMILES string of the molecule is O=C(Cc1cccc(OC(F)(F)F)c1)Nc1ccc(CCCCn2ccc(CC(=O)OC3CCOCC3)nc2=O)nn1.